The SMILES string of the molecule is O=c1c(Cl)nccn1CC#Cc1ccccc1. The van der Waals surface area contributed by atoms with Gasteiger partial charge in [0.2, 0.25) is 0 Å². The third-order valence-corrected chi connectivity index (χ3v) is 2.39. The molecule has 4 heteroatoms. The molecule has 0 saturated heterocycles. The first-order valence-electron chi connectivity index (χ1n) is 5.02. The van der Waals surface area contributed by atoms with Crippen LogP contribution >= 0.6 is 11.6 Å². The maximum Gasteiger partial charge on any atom is 0.289 e. The van der Waals surface area contributed by atoms with E-state index in [9.17, 15) is 4.79 Å². The molecule has 84 valence electrons. The van der Waals surface area contributed by atoms with Crippen molar-refractivity contribution in [3.05, 3.63) is 63.8 Å². The zero-order valence-electron chi connectivity index (χ0n) is 8.93. The van der Waals surface area contributed by atoms with Gasteiger partial charge in [0.15, 0.2) is 5.15 Å². The van der Waals surface area contributed by atoms with Gasteiger partial charge in [-0.3, -0.25) is 9.36 Å². The normalized spacial score (nSPS) is 9.47. The third kappa shape index (κ3) is 2.96. The van der Waals surface area contributed by atoms with Crippen LogP contribution in [0.1, 0.15) is 5.56 Å². The van der Waals surface area contributed by atoms with Gasteiger partial charge in [0.1, 0.15) is 0 Å². The summed E-state index contributed by atoms with van der Waals surface area (Å²) in [5.41, 5.74) is 0.595. The van der Waals surface area contributed by atoms with Gasteiger partial charge < -0.3 is 0 Å². The lowest BCUT2D eigenvalue weighted by atomic mass is 10.2. The Hall–Kier alpha value is -2.05. The van der Waals surface area contributed by atoms with Crippen LogP contribution in [0.15, 0.2) is 47.5 Å². The lowest BCUT2D eigenvalue weighted by molar-refractivity contribution is 0.782. The summed E-state index contributed by atoms with van der Waals surface area (Å²) in [4.78, 5) is 15.2. The molecule has 0 N–H and O–H groups in total. The van der Waals surface area contributed by atoms with Gasteiger partial charge in [0, 0.05) is 18.0 Å². The van der Waals surface area contributed by atoms with E-state index in [1.807, 2.05) is 30.3 Å². The lowest BCUT2D eigenvalue weighted by Gasteiger charge is -1.98. The number of nitrogens with zero attached hydrogens (tertiary/aromatic N) is 2. The van der Waals surface area contributed by atoms with E-state index >= 15 is 0 Å². The van der Waals surface area contributed by atoms with Crippen molar-refractivity contribution in [2.24, 2.45) is 0 Å². The minimum Gasteiger partial charge on any atom is -0.300 e. The molecule has 0 bridgehead atoms. The highest BCUT2D eigenvalue weighted by Crippen LogP contribution is 1.95. The second-order valence-electron chi connectivity index (χ2n) is 3.32. The highest BCUT2D eigenvalue weighted by atomic mass is 35.5. The molecule has 0 radical (unpaired) electrons. The maximum atomic E-state index is 11.5. The van der Waals surface area contributed by atoms with Crippen LogP contribution in [-0.4, -0.2) is 9.55 Å². The Morgan fingerprint density at radius 2 is 2.06 bits per heavy atom. The minimum absolute atomic E-state index is 0.0333. The van der Waals surface area contributed by atoms with Gasteiger partial charge in [-0.2, -0.15) is 0 Å². The second-order valence-corrected chi connectivity index (χ2v) is 3.68. The van der Waals surface area contributed by atoms with Crippen molar-refractivity contribution in [3.63, 3.8) is 0 Å². The molecule has 1 heterocycles. The zero-order chi connectivity index (χ0) is 12.1. The molecular weight excluding hydrogens is 236 g/mol. The Morgan fingerprint density at radius 3 is 2.82 bits per heavy atom. The lowest BCUT2D eigenvalue weighted by Crippen LogP contribution is -2.20. The van der Waals surface area contributed by atoms with E-state index in [0.717, 1.165) is 5.56 Å². The van der Waals surface area contributed by atoms with Crippen molar-refractivity contribution in [2.45, 2.75) is 6.54 Å². The van der Waals surface area contributed by atoms with Crippen molar-refractivity contribution in [3.8, 4) is 11.8 Å². The first kappa shape index (κ1) is 11.4. The van der Waals surface area contributed by atoms with E-state index < -0.39 is 0 Å². The average molecular weight is 245 g/mol. The fourth-order valence-electron chi connectivity index (χ4n) is 1.29. The summed E-state index contributed by atoms with van der Waals surface area (Å²) in [5.74, 6) is 5.88. The van der Waals surface area contributed by atoms with Crippen LogP contribution in [-0.2, 0) is 6.54 Å². The monoisotopic (exact) mass is 244 g/mol. The molecule has 1 aromatic carbocycles. The van der Waals surface area contributed by atoms with Crippen molar-refractivity contribution in [1.29, 1.82) is 0 Å². The summed E-state index contributed by atoms with van der Waals surface area (Å²) in [6.45, 7) is 0.302. The number of benzene rings is 1. The van der Waals surface area contributed by atoms with Gasteiger partial charge in [0.05, 0.1) is 6.54 Å². The van der Waals surface area contributed by atoms with Gasteiger partial charge in [-0.15, -0.1) is 0 Å². The van der Waals surface area contributed by atoms with Crippen LogP contribution in [0.3, 0.4) is 0 Å². The van der Waals surface area contributed by atoms with Gasteiger partial charge in [-0.25, -0.2) is 4.98 Å². The Labute approximate surface area is 104 Å². The molecule has 0 atom stereocenters. The Morgan fingerprint density at radius 1 is 1.29 bits per heavy atom. The summed E-state index contributed by atoms with van der Waals surface area (Å²) >= 11 is 5.62. The Balaban J connectivity index is 2.16. The van der Waals surface area contributed by atoms with E-state index in [-0.39, 0.29) is 10.7 Å². The topological polar surface area (TPSA) is 34.9 Å². The predicted molar refractivity (Wildman–Crippen MR) is 66.8 cm³/mol. The average Bonchev–Trinajstić information content (AvgIpc) is 2.36. The Kier molecular flexibility index (Phi) is 3.59. The molecule has 3 nitrogen and oxygen atoms in total. The molecule has 0 unspecified atom stereocenters. The van der Waals surface area contributed by atoms with Crippen LogP contribution in [0, 0.1) is 11.8 Å². The van der Waals surface area contributed by atoms with E-state index in [1.54, 1.807) is 6.20 Å². The van der Waals surface area contributed by atoms with Gasteiger partial charge >= 0.3 is 0 Å². The maximum absolute atomic E-state index is 11.5. The number of rotatable bonds is 1. The van der Waals surface area contributed by atoms with Crippen molar-refractivity contribution >= 4 is 11.6 Å². The van der Waals surface area contributed by atoms with Crippen molar-refractivity contribution < 1.29 is 0 Å². The molecule has 0 fully saturated rings. The van der Waals surface area contributed by atoms with Crippen LogP contribution in [0.4, 0.5) is 0 Å². The van der Waals surface area contributed by atoms with Gasteiger partial charge in [-0.05, 0) is 12.1 Å². The van der Waals surface area contributed by atoms with Crippen molar-refractivity contribution in [1.82, 2.24) is 9.55 Å². The second kappa shape index (κ2) is 5.33. The van der Waals surface area contributed by atoms with Crippen LogP contribution < -0.4 is 5.56 Å². The highest BCUT2D eigenvalue weighted by Gasteiger charge is 1.98. The molecule has 2 rings (SSSR count). The first-order valence-corrected chi connectivity index (χ1v) is 5.40. The molecular formula is C13H9ClN2O. The van der Waals surface area contributed by atoms with Crippen LogP contribution in [0.5, 0.6) is 0 Å². The fourth-order valence-corrected chi connectivity index (χ4v) is 1.46. The van der Waals surface area contributed by atoms with Gasteiger partial charge in [0.25, 0.3) is 5.56 Å². The summed E-state index contributed by atoms with van der Waals surface area (Å²) in [7, 11) is 0. The quantitative estimate of drug-likeness (QED) is 0.719. The number of hydrogen-bond acceptors (Lipinski definition) is 2. The predicted octanol–water partition coefficient (Wildman–Crippen LogP) is 1.95. The standard InChI is InChI=1S/C13H9ClN2O/c14-12-13(17)16(10-8-15-12)9-4-7-11-5-2-1-3-6-11/h1-3,5-6,8,10H,9H2. The molecule has 0 aliphatic carbocycles. The highest BCUT2D eigenvalue weighted by molar-refractivity contribution is 6.29. The molecule has 1 aromatic heterocycles. The van der Waals surface area contributed by atoms with E-state index in [2.05, 4.69) is 16.8 Å². The molecule has 0 aliphatic heterocycles. The molecule has 2 aromatic rings. The smallest absolute Gasteiger partial charge is 0.289 e. The van der Waals surface area contributed by atoms with Crippen molar-refractivity contribution in [2.75, 3.05) is 0 Å². The van der Waals surface area contributed by atoms with Crippen LogP contribution in [0.25, 0.3) is 0 Å². The largest absolute Gasteiger partial charge is 0.300 e. The molecule has 0 amide bonds. The number of aromatic nitrogens is 2. The van der Waals surface area contributed by atoms with E-state index in [4.69, 9.17) is 11.6 Å². The fraction of sp³-hybridized carbons (Fsp3) is 0.0769. The van der Waals surface area contributed by atoms with E-state index in [0.29, 0.717) is 6.54 Å². The zero-order valence-corrected chi connectivity index (χ0v) is 9.69. The molecule has 17 heavy (non-hydrogen) atoms. The Bertz CT molecular complexity index is 623. The summed E-state index contributed by atoms with van der Waals surface area (Å²) in [5, 5.41) is -0.0333. The van der Waals surface area contributed by atoms with E-state index in [1.165, 1.54) is 10.8 Å². The minimum atomic E-state index is -0.323. The molecule has 0 saturated carbocycles. The number of hydrogen-bond donors (Lipinski definition) is 0. The van der Waals surface area contributed by atoms with Crippen LogP contribution in [0.2, 0.25) is 5.15 Å². The first-order chi connectivity index (χ1) is 8.27. The third-order valence-electron chi connectivity index (χ3n) is 2.13. The molecule has 0 aliphatic rings. The summed E-state index contributed by atoms with van der Waals surface area (Å²) < 4.78 is 1.42. The summed E-state index contributed by atoms with van der Waals surface area (Å²) in [6.07, 6.45) is 3.04. The van der Waals surface area contributed by atoms with Gasteiger partial charge in [-0.1, -0.05) is 41.6 Å². The summed E-state index contributed by atoms with van der Waals surface area (Å²) in [6, 6.07) is 9.59. The number of halogens is 1. The molecule has 0 spiro atoms.